The fraction of sp³-hybridized carbons (Fsp3) is 0.476. The Balaban J connectivity index is 1.64. The minimum absolute atomic E-state index is 0.0462. The second-order valence-corrected chi connectivity index (χ2v) is 8.10. The number of nitrogens with one attached hydrogen (secondary N) is 1. The van der Waals surface area contributed by atoms with Crippen LogP contribution in [0.3, 0.4) is 0 Å². The predicted octanol–water partition coefficient (Wildman–Crippen LogP) is 3.94. The molecule has 0 saturated carbocycles. The maximum absolute atomic E-state index is 12.7. The minimum atomic E-state index is -0.0462. The third-order valence-corrected chi connectivity index (χ3v) is 4.88. The van der Waals surface area contributed by atoms with Crippen LogP contribution in [0.25, 0.3) is 0 Å². The quantitative estimate of drug-likeness (QED) is 0.909. The first-order valence-corrected chi connectivity index (χ1v) is 9.29. The van der Waals surface area contributed by atoms with Crippen LogP contribution in [-0.4, -0.2) is 29.0 Å². The zero-order valence-corrected chi connectivity index (χ0v) is 16.1. The number of anilines is 2. The predicted molar refractivity (Wildman–Crippen MR) is 105 cm³/mol. The molecule has 5 nitrogen and oxygen atoms in total. The molecule has 0 bridgehead atoms. The first kappa shape index (κ1) is 18.4. The minimum Gasteiger partial charge on any atom is -0.340 e. The van der Waals surface area contributed by atoms with Crippen molar-refractivity contribution in [3.63, 3.8) is 0 Å². The molecular weight excluding hydrogens is 324 g/mol. The molecule has 0 radical (unpaired) electrons. The molecule has 0 unspecified atom stereocenters. The SMILES string of the molecule is Cc1ccnc(N2CCC[C@H](C(=O)Nc3ccc(C(C)(C)C)cc3)C2)n1. The summed E-state index contributed by atoms with van der Waals surface area (Å²) in [6.45, 7) is 10.1. The summed E-state index contributed by atoms with van der Waals surface area (Å²) in [5.41, 5.74) is 3.17. The van der Waals surface area contributed by atoms with Crippen molar-refractivity contribution in [2.75, 3.05) is 23.3 Å². The Bertz CT molecular complexity index is 764. The molecule has 3 rings (SSSR count). The number of nitrogens with zero attached hydrogens (tertiary/aromatic N) is 3. The Labute approximate surface area is 155 Å². The molecule has 0 spiro atoms. The van der Waals surface area contributed by atoms with Crippen LogP contribution in [0.1, 0.15) is 44.9 Å². The van der Waals surface area contributed by atoms with Gasteiger partial charge in [-0.05, 0) is 48.9 Å². The van der Waals surface area contributed by atoms with E-state index in [2.05, 4.69) is 53.1 Å². The van der Waals surface area contributed by atoms with Crippen LogP contribution in [0.4, 0.5) is 11.6 Å². The van der Waals surface area contributed by atoms with Crippen molar-refractivity contribution in [3.05, 3.63) is 47.8 Å². The van der Waals surface area contributed by atoms with Crippen molar-refractivity contribution in [2.24, 2.45) is 5.92 Å². The zero-order valence-electron chi connectivity index (χ0n) is 16.1. The summed E-state index contributed by atoms with van der Waals surface area (Å²) in [5.74, 6) is 0.748. The molecule has 138 valence electrons. The second kappa shape index (κ2) is 7.44. The van der Waals surface area contributed by atoms with E-state index in [1.54, 1.807) is 6.20 Å². The number of carbonyl (C=O) groups excluding carboxylic acids is 1. The van der Waals surface area contributed by atoms with Crippen molar-refractivity contribution >= 4 is 17.5 Å². The van der Waals surface area contributed by atoms with Gasteiger partial charge in [-0.15, -0.1) is 0 Å². The van der Waals surface area contributed by atoms with E-state index in [4.69, 9.17) is 0 Å². The van der Waals surface area contributed by atoms with Crippen molar-refractivity contribution < 1.29 is 4.79 Å². The Morgan fingerprint density at radius 2 is 1.92 bits per heavy atom. The molecular formula is C21H28N4O. The van der Waals surface area contributed by atoms with Crippen LogP contribution in [0.15, 0.2) is 36.5 Å². The van der Waals surface area contributed by atoms with Crippen LogP contribution >= 0.6 is 0 Å². The maximum atomic E-state index is 12.7. The van der Waals surface area contributed by atoms with Gasteiger partial charge in [-0.1, -0.05) is 32.9 Å². The highest BCUT2D eigenvalue weighted by atomic mass is 16.1. The molecule has 26 heavy (non-hydrogen) atoms. The van der Waals surface area contributed by atoms with Gasteiger partial charge in [-0.2, -0.15) is 0 Å². The van der Waals surface area contributed by atoms with Gasteiger partial charge in [0.15, 0.2) is 0 Å². The first-order chi connectivity index (χ1) is 12.3. The maximum Gasteiger partial charge on any atom is 0.229 e. The average Bonchev–Trinajstić information content (AvgIpc) is 2.61. The van der Waals surface area contributed by atoms with Crippen LogP contribution in [0.5, 0.6) is 0 Å². The van der Waals surface area contributed by atoms with Gasteiger partial charge >= 0.3 is 0 Å². The number of aryl methyl sites for hydroxylation is 1. The Morgan fingerprint density at radius 1 is 1.19 bits per heavy atom. The molecule has 1 atom stereocenters. The molecule has 1 N–H and O–H groups in total. The van der Waals surface area contributed by atoms with E-state index in [0.29, 0.717) is 6.54 Å². The average molecular weight is 352 g/mol. The summed E-state index contributed by atoms with van der Waals surface area (Å²) >= 11 is 0. The van der Waals surface area contributed by atoms with Gasteiger partial charge < -0.3 is 10.2 Å². The lowest BCUT2D eigenvalue weighted by Gasteiger charge is -2.32. The Morgan fingerprint density at radius 3 is 2.58 bits per heavy atom. The third-order valence-electron chi connectivity index (χ3n) is 4.88. The van der Waals surface area contributed by atoms with E-state index >= 15 is 0 Å². The van der Waals surface area contributed by atoms with Crippen LogP contribution in [0, 0.1) is 12.8 Å². The molecule has 1 aliphatic rings. The lowest BCUT2D eigenvalue weighted by molar-refractivity contribution is -0.120. The van der Waals surface area contributed by atoms with Crippen molar-refractivity contribution in [2.45, 2.75) is 46.0 Å². The fourth-order valence-corrected chi connectivity index (χ4v) is 3.26. The molecule has 1 aromatic heterocycles. The standard InChI is InChI=1S/C21H28N4O/c1-15-11-12-22-20(23-15)25-13-5-6-16(14-25)19(26)24-18-9-7-17(8-10-18)21(2,3)4/h7-12,16H,5-6,13-14H2,1-4H3,(H,24,26)/t16-/m0/s1. The molecule has 0 aliphatic carbocycles. The number of piperidine rings is 1. The summed E-state index contributed by atoms with van der Waals surface area (Å²) in [7, 11) is 0. The number of hydrogen-bond donors (Lipinski definition) is 1. The van der Waals surface area contributed by atoms with Crippen molar-refractivity contribution in [1.82, 2.24) is 9.97 Å². The van der Waals surface area contributed by atoms with Gasteiger partial charge in [0.25, 0.3) is 0 Å². The van der Waals surface area contributed by atoms with E-state index < -0.39 is 0 Å². The third kappa shape index (κ3) is 4.40. The molecule has 2 heterocycles. The number of benzene rings is 1. The summed E-state index contributed by atoms with van der Waals surface area (Å²) in [6.07, 6.45) is 3.64. The molecule has 1 aliphatic heterocycles. The van der Waals surface area contributed by atoms with Crippen LogP contribution in [-0.2, 0) is 10.2 Å². The lowest BCUT2D eigenvalue weighted by atomic mass is 9.87. The van der Waals surface area contributed by atoms with Crippen LogP contribution in [0.2, 0.25) is 0 Å². The molecule has 1 aromatic carbocycles. The highest BCUT2D eigenvalue weighted by Gasteiger charge is 2.27. The van der Waals surface area contributed by atoms with Gasteiger partial charge in [-0.25, -0.2) is 9.97 Å². The molecule has 1 saturated heterocycles. The van der Waals surface area contributed by atoms with Crippen molar-refractivity contribution in [3.8, 4) is 0 Å². The first-order valence-electron chi connectivity index (χ1n) is 9.29. The zero-order chi connectivity index (χ0) is 18.7. The smallest absolute Gasteiger partial charge is 0.229 e. The van der Waals surface area contributed by atoms with Crippen LogP contribution < -0.4 is 10.2 Å². The van der Waals surface area contributed by atoms with E-state index in [9.17, 15) is 4.79 Å². The van der Waals surface area contributed by atoms with E-state index in [0.717, 1.165) is 36.7 Å². The number of rotatable bonds is 3. The van der Waals surface area contributed by atoms with Gasteiger partial charge in [0, 0.05) is 30.7 Å². The molecule has 2 aromatic rings. The summed E-state index contributed by atoms with van der Waals surface area (Å²) in [5, 5.41) is 3.07. The lowest BCUT2D eigenvalue weighted by Crippen LogP contribution is -2.41. The fourth-order valence-electron chi connectivity index (χ4n) is 3.26. The Kier molecular flexibility index (Phi) is 5.25. The van der Waals surface area contributed by atoms with E-state index in [-0.39, 0.29) is 17.2 Å². The largest absolute Gasteiger partial charge is 0.340 e. The van der Waals surface area contributed by atoms with Gasteiger partial charge in [0.2, 0.25) is 11.9 Å². The molecule has 1 fully saturated rings. The number of aromatic nitrogens is 2. The topological polar surface area (TPSA) is 58.1 Å². The van der Waals surface area contributed by atoms with Gasteiger partial charge in [-0.3, -0.25) is 4.79 Å². The Hall–Kier alpha value is -2.43. The molecule has 1 amide bonds. The van der Waals surface area contributed by atoms with Gasteiger partial charge in [0.05, 0.1) is 5.92 Å². The molecule has 5 heteroatoms. The number of amides is 1. The van der Waals surface area contributed by atoms with Gasteiger partial charge in [0.1, 0.15) is 0 Å². The summed E-state index contributed by atoms with van der Waals surface area (Å²) in [6, 6.07) is 10.0. The monoisotopic (exact) mass is 352 g/mol. The number of carbonyl (C=O) groups is 1. The summed E-state index contributed by atoms with van der Waals surface area (Å²) in [4.78, 5) is 23.7. The van der Waals surface area contributed by atoms with E-state index in [1.165, 1.54) is 5.56 Å². The second-order valence-electron chi connectivity index (χ2n) is 8.10. The van der Waals surface area contributed by atoms with E-state index in [1.807, 2.05) is 25.1 Å². The summed E-state index contributed by atoms with van der Waals surface area (Å²) < 4.78 is 0. The van der Waals surface area contributed by atoms with Crippen molar-refractivity contribution in [1.29, 1.82) is 0 Å². The highest BCUT2D eigenvalue weighted by Crippen LogP contribution is 2.25. The normalized spacial score (nSPS) is 17.8. The highest BCUT2D eigenvalue weighted by molar-refractivity contribution is 5.93. The number of hydrogen-bond acceptors (Lipinski definition) is 4.